The largest absolute Gasteiger partial charge is 0.508 e. The second-order valence-corrected chi connectivity index (χ2v) is 19.3. The highest BCUT2D eigenvalue weighted by molar-refractivity contribution is 5.97. The van der Waals surface area contributed by atoms with Gasteiger partial charge < -0.3 is 34.3 Å². The van der Waals surface area contributed by atoms with Gasteiger partial charge in [0.2, 0.25) is 11.8 Å². The lowest BCUT2D eigenvalue weighted by Crippen LogP contribution is -2.62. The Balaban J connectivity index is 1.30. The van der Waals surface area contributed by atoms with Crippen LogP contribution in [-0.2, 0) is 52.8 Å². The maximum atomic E-state index is 14.7. The maximum Gasteiger partial charge on any atom is 0.324 e. The highest BCUT2D eigenvalue weighted by atomic mass is 16.5. The number of methoxy groups -OCH3 is 1. The highest BCUT2D eigenvalue weighted by Crippen LogP contribution is 2.42. The Morgan fingerprint density at radius 1 is 1.07 bits per heavy atom. The predicted octanol–water partition coefficient (Wildman–Crippen LogP) is 5.81. The van der Waals surface area contributed by atoms with Gasteiger partial charge >= 0.3 is 5.97 Å². The van der Waals surface area contributed by atoms with Crippen molar-refractivity contribution in [2.45, 2.75) is 111 Å². The van der Waals surface area contributed by atoms with Crippen molar-refractivity contribution in [3.05, 3.63) is 71.5 Å². The molecule has 4 aromatic rings. The normalized spacial score (nSPS) is 20.7. The van der Waals surface area contributed by atoms with Crippen LogP contribution in [0.2, 0.25) is 0 Å². The van der Waals surface area contributed by atoms with Crippen LogP contribution < -0.4 is 10.7 Å². The molecule has 0 radical (unpaired) electrons. The number of aromatic nitrogens is 2. The van der Waals surface area contributed by atoms with Crippen LogP contribution in [0.4, 0.5) is 0 Å². The van der Waals surface area contributed by atoms with E-state index in [1.807, 2.05) is 39.0 Å². The second kappa shape index (κ2) is 20.3. The van der Waals surface area contributed by atoms with Gasteiger partial charge in [0.1, 0.15) is 23.9 Å². The lowest BCUT2D eigenvalue weighted by Gasteiger charge is -2.37. The van der Waals surface area contributed by atoms with Crippen LogP contribution in [0.1, 0.15) is 90.7 Å². The van der Waals surface area contributed by atoms with Crippen LogP contribution >= 0.6 is 0 Å². The van der Waals surface area contributed by atoms with Crippen molar-refractivity contribution in [2.24, 2.45) is 17.3 Å². The van der Waals surface area contributed by atoms with Crippen LogP contribution in [0, 0.1) is 29.1 Å². The number of hydrogen-bond acceptors (Lipinski definition) is 10. The quantitative estimate of drug-likeness (QED) is 0.137. The van der Waals surface area contributed by atoms with E-state index in [0.29, 0.717) is 49.9 Å². The summed E-state index contributed by atoms with van der Waals surface area (Å²) in [6.07, 6.45) is 3.39. The van der Waals surface area contributed by atoms with Crippen molar-refractivity contribution in [1.29, 1.82) is 0 Å². The van der Waals surface area contributed by atoms with E-state index in [0.717, 1.165) is 39.0 Å². The average molecular weight is 916 g/mol. The number of hydrogen-bond donors (Lipinski definition) is 3. The standard InChI is InChI=1S/C52H65N7O8/c1-10-14-44(61)57-22-19-35(29-57)49(63)56(8)46(31(3)4)48(62)54-42-25-33-23-36(26-37(60)24-33)34-17-18-43-39(27-34)40(47(58(43)11-2)38-15-12-20-53-45(38)32(5)66-9)28-52(6,7)30-67-51(65)41-16-13-21-59(55-41)50(42)64/h12,15,17-18,20,23-24,26-27,31-32,35,41-42,46,55,60H,11,13,16,19,21-22,25,28-30H2,1-9H3,(H,54,62)/t32-,35-,41-,42-,46?/m0/s1. The van der Waals surface area contributed by atoms with Crippen molar-refractivity contribution < 1.29 is 38.6 Å². The minimum Gasteiger partial charge on any atom is -0.508 e. The molecule has 1 unspecified atom stereocenters. The number of pyridine rings is 1. The fourth-order valence-electron chi connectivity index (χ4n) is 10.0. The monoisotopic (exact) mass is 915 g/mol. The molecule has 0 aliphatic carbocycles. The number of aromatic hydroxyl groups is 1. The molecule has 6 bridgehead atoms. The van der Waals surface area contributed by atoms with Gasteiger partial charge in [0.25, 0.3) is 11.8 Å². The van der Waals surface area contributed by atoms with E-state index in [4.69, 9.17) is 14.5 Å². The number of esters is 1. The molecular weight excluding hydrogens is 851 g/mol. The second-order valence-electron chi connectivity index (χ2n) is 19.3. The molecule has 2 fully saturated rings. The predicted molar refractivity (Wildman–Crippen MR) is 255 cm³/mol. The van der Waals surface area contributed by atoms with E-state index in [9.17, 15) is 29.1 Å². The Morgan fingerprint density at radius 3 is 2.57 bits per heavy atom. The summed E-state index contributed by atoms with van der Waals surface area (Å²) in [5.41, 5.74) is 9.51. The van der Waals surface area contributed by atoms with Crippen LogP contribution in [0.15, 0.2) is 54.7 Å². The number of cyclic esters (lactones) is 1. The SMILES string of the molecule is CC#CC(=O)N1CC[C@H](C(=O)N(C)C(C(=O)N[C@H]2Cc3cc(O)cc(c3)-c3ccc4c(c3)c(c(-c3cccnc3[C@H](C)OC)n4CC)CC(C)(C)COC(=O)[C@@H]3CCCN(N3)C2=O)C(C)C)C1. The zero-order chi connectivity index (χ0) is 48.3. The number of rotatable bonds is 9. The molecule has 5 heterocycles. The molecule has 3 N–H and O–H groups in total. The third kappa shape index (κ3) is 10.4. The van der Waals surface area contributed by atoms with E-state index in [1.54, 1.807) is 44.3 Å². The molecule has 2 aromatic heterocycles. The number of nitrogens with one attached hydrogen (secondary N) is 2. The first kappa shape index (κ1) is 48.7. The minimum absolute atomic E-state index is 0.0143. The number of nitrogens with zero attached hydrogens (tertiary/aromatic N) is 5. The summed E-state index contributed by atoms with van der Waals surface area (Å²) < 4.78 is 14.2. The van der Waals surface area contributed by atoms with Gasteiger partial charge in [0.05, 0.1) is 30.0 Å². The van der Waals surface area contributed by atoms with Gasteiger partial charge in [0, 0.05) is 74.8 Å². The van der Waals surface area contributed by atoms with E-state index < -0.39 is 47.2 Å². The number of phenolic OH excluding ortho intramolecular Hbond substituents is 1. The van der Waals surface area contributed by atoms with Gasteiger partial charge in [-0.25, -0.2) is 5.43 Å². The van der Waals surface area contributed by atoms with Gasteiger partial charge in [-0.05, 0) is 117 Å². The number of amides is 4. The number of ether oxygens (including phenoxy) is 2. The summed E-state index contributed by atoms with van der Waals surface area (Å²) in [6.45, 7) is 15.1. The van der Waals surface area contributed by atoms with Crippen LogP contribution in [0.25, 0.3) is 33.3 Å². The van der Waals surface area contributed by atoms with Crippen molar-refractivity contribution in [1.82, 2.24) is 35.1 Å². The molecule has 7 rings (SSSR count). The summed E-state index contributed by atoms with van der Waals surface area (Å²) in [7, 11) is 3.25. The number of phenols is 1. The lowest BCUT2D eigenvalue weighted by molar-refractivity contribution is -0.155. The van der Waals surface area contributed by atoms with E-state index in [1.165, 1.54) is 9.91 Å². The van der Waals surface area contributed by atoms with Crippen molar-refractivity contribution in [2.75, 3.05) is 40.4 Å². The first-order valence-corrected chi connectivity index (χ1v) is 23.4. The molecule has 0 spiro atoms. The molecular formula is C52H65N7O8. The average Bonchev–Trinajstić information content (AvgIpc) is 3.92. The third-order valence-electron chi connectivity index (χ3n) is 13.4. The van der Waals surface area contributed by atoms with E-state index >= 15 is 0 Å². The molecule has 4 amide bonds. The van der Waals surface area contributed by atoms with E-state index in [-0.39, 0.29) is 55.7 Å². The molecule has 356 valence electrons. The fraction of sp³-hybridized carbons (Fsp3) is 0.500. The van der Waals surface area contributed by atoms with Gasteiger partial charge in [-0.3, -0.25) is 34.0 Å². The number of fused-ring (bicyclic) bond motifs is 6. The maximum absolute atomic E-state index is 14.7. The van der Waals surface area contributed by atoms with Gasteiger partial charge in [0.15, 0.2) is 0 Å². The number of carbonyl (C=O) groups is 5. The lowest BCUT2D eigenvalue weighted by atomic mass is 9.84. The van der Waals surface area contributed by atoms with Crippen LogP contribution in [0.5, 0.6) is 5.75 Å². The Kier molecular flexibility index (Phi) is 14.8. The van der Waals surface area contributed by atoms with Crippen molar-refractivity contribution in [3.63, 3.8) is 0 Å². The number of likely N-dealkylation sites (tertiary alicyclic amines) is 1. The molecule has 0 saturated carbocycles. The smallest absolute Gasteiger partial charge is 0.324 e. The van der Waals surface area contributed by atoms with Crippen LogP contribution in [0.3, 0.4) is 0 Å². The molecule has 2 aromatic carbocycles. The van der Waals surface area contributed by atoms with Crippen molar-refractivity contribution in [3.8, 4) is 40.0 Å². The number of likely N-dealkylation sites (N-methyl/N-ethyl adjacent to an activating group) is 1. The Hall–Kier alpha value is -6.24. The number of aryl methyl sites for hydroxylation is 1. The molecule has 3 aliphatic rings. The molecule has 2 saturated heterocycles. The molecule has 5 atom stereocenters. The fourth-order valence-corrected chi connectivity index (χ4v) is 10.0. The zero-order valence-electron chi connectivity index (χ0n) is 40.3. The Bertz CT molecular complexity index is 2610. The minimum atomic E-state index is -1.17. The van der Waals surface area contributed by atoms with Crippen LogP contribution in [-0.4, -0.2) is 118 Å². The van der Waals surface area contributed by atoms with E-state index in [2.05, 4.69) is 66.1 Å². The molecule has 67 heavy (non-hydrogen) atoms. The topological polar surface area (TPSA) is 176 Å². The third-order valence-corrected chi connectivity index (χ3v) is 13.4. The number of hydrazine groups is 1. The molecule has 15 heteroatoms. The highest BCUT2D eigenvalue weighted by Gasteiger charge is 2.40. The number of carbonyl (C=O) groups excluding carboxylic acids is 5. The zero-order valence-corrected chi connectivity index (χ0v) is 40.3. The van der Waals surface area contributed by atoms with Crippen molar-refractivity contribution >= 4 is 40.5 Å². The molecule has 15 nitrogen and oxygen atoms in total. The summed E-state index contributed by atoms with van der Waals surface area (Å²) in [5, 5.41) is 16.7. The summed E-state index contributed by atoms with van der Waals surface area (Å²) in [6, 6.07) is 12.5. The first-order valence-electron chi connectivity index (χ1n) is 23.4. The Labute approximate surface area is 393 Å². The van der Waals surface area contributed by atoms with Gasteiger partial charge in [-0.2, -0.15) is 0 Å². The Morgan fingerprint density at radius 2 is 1.85 bits per heavy atom. The first-order chi connectivity index (χ1) is 31.9. The summed E-state index contributed by atoms with van der Waals surface area (Å²) in [4.78, 5) is 77.4. The molecule has 3 aliphatic heterocycles. The summed E-state index contributed by atoms with van der Waals surface area (Å²) in [5.74, 6) is 2.15. The summed E-state index contributed by atoms with van der Waals surface area (Å²) >= 11 is 0. The van der Waals surface area contributed by atoms with Gasteiger partial charge in [-0.15, -0.1) is 0 Å². The number of benzene rings is 2. The van der Waals surface area contributed by atoms with Gasteiger partial charge in [-0.1, -0.05) is 45.7 Å².